The minimum Gasteiger partial charge on any atom is -0.345 e. The molecule has 2 aromatic rings. The Hall–Kier alpha value is -1.61. The third-order valence-electron chi connectivity index (χ3n) is 3.03. The monoisotopic (exact) mass is 317 g/mol. The topological polar surface area (TPSA) is 29.1 Å². The molecular formula is C16H16BrNO. The zero-order valence-corrected chi connectivity index (χ0v) is 12.4. The van der Waals surface area contributed by atoms with Crippen molar-refractivity contribution in [3.05, 3.63) is 70.2 Å². The SMILES string of the molecule is CC[C@@H](NC(=O)c1ccccc1Br)c1ccccc1. The van der Waals surface area contributed by atoms with Gasteiger partial charge in [0.05, 0.1) is 11.6 Å². The number of halogens is 1. The van der Waals surface area contributed by atoms with Gasteiger partial charge in [0.25, 0.3) is 5.91 Å². The van der Waals surface area contributed by atoms with Crippen LogP contribution in [0.4, 0.5) is 0 Å². The molecule has 19 heavy (non-hydrogen) atoms. The number of amides is 1. The molecule has 0 aliphatic rings. The van der Waals surface area contributed by atoms with Crippen LogP contribution in [0.25, 0.3) is 0 Å². The number of hydrogen-bond donors (Lipinski definition) is 1. The molecule has 0 unspecified atom stereocenters. The maximum atomic E-state index is 12.3. The summed E-state index contributed by atoms with van der Waals surface area (Å²) in [4.78, 5) is 12.3. The quantitative estimate of drug-likeness (QED) is 0.893. The van der Waals surface area contributed by atoms with Gasteiger partial charge in [-0.1, -0.05) is 49.4 Å². The third-order valence-corrected chi connectivity index (χ3v) is 3.73. The summed E-state index contributed by atoms with van der Waals surface area (Å²) in [5.41, 5.74) is 1.79. The van der Waals surface area contributed by atoms with Gasteiger partial charge in [-0.15, -0.1) is 0 Å². The third kappa shape index (κ3) is 3.44. The maximum absolute atomic E-state index is 12.3. The molecule has 2 rings (SSSR count). The smallest absolute Gasteiger partial charge is 0.252 e. The highest BCUT2D eigenvalue weighted by Crippen LogP contribution is 2.20. The van der Waals surface area contributed by atoms with Crippen molar-refractivity contribution in [2.75, 3.05) is 0 Å². The van der Waals surface area contributed by atoms with Crippen molar-refractivity contribution in [1.29, 1.82) is 0 Å². The van der Waals surface area contributed by atoms with Gasteiger partial charge in [-0.2, -0.15) is 0 Å². The van der Waals surface area contributed by atoms with Crippen LogP contribution in [0.15, 0.2) is 59.1 Å². The Balaban J connectivity index is 2.16. The Morgan fingerprint density at radius 3 is 2.37 bits per heavy atom. The van der Waals surface area contributed by atoms with Crippen molar-refractivity contribution >= 4 is 21.8 Å². The lowest BCUT2D eigenvalue weighted by molar-refractivity contribution is 0.0935. The number of rotatable bonds is 4. The summed E-state index contributed by atoms with van der Waals surface area (Å²) in [5.74, 6) is -0.0526. The normalized spacial score (nSPS) is 11.9. The molecule has 1 atom stereocenters. The number of benzene rings is 2. The van der Waals surface area contributed by atoms with Crippen molar-refractivity contribution in [3.63, 3.8) is 0 Å². The summed E-state index contributed by atoms with van der Waals surface area (Å²) in [5, 5.41) is 3.07. The molecule has 1 N–H and O–H groups in total. The van der Waals surface area contributed by atoms with E-state index in [0.717, 1.165) is 16.5 Å². The summed E-state index contributed by atoms with van der Waals surface area (Å²) in [6.45, 7) is 2.07. The van der Waals surface area contributed by atoms with Crippen LogP contribution >= 0.6 is 15.9 Å². The largest absolute Gasteiger partial charge is 0.345 e. The first-order valence-electron chi connectivity index (χ1n) is 6.32. The Morgan fingerprint density at radius 2 is 1.74 bits per heavy atom. The van der Waals surface area contributed by atoms with Gasteiger partial charge in [0, 0.05) is 4.47 Å². The summed E-state index contributed by atoms with van der Waals surface area (Å²) < 4.78 is 0.815. The van der Waals surface area contributed by atoms with Crippen LogP contribution in [0.3, 0.4) is 0 Å². The van der Waals surface area contributed by atoms with E-state index in [1.165, 1.54) is 0 Å². The standard InChI is InChI=1S/C16H16BrNO/c1-2-15(12-8-4-3-5-9-12)18-16(19)13-10-6-7-11-14(13)17/h3-11,15H,2H2,1H3,(H,18,19)/t15-/m1/s1. The van der Waals surface area contributed by atoms with Gasteiger partial charge >= 0.3 is 0 Å². The summed E-state index contributed by atoms with van der Waals surface area (Å²) >= 11 is 3.40. The Labute approximate surface area is 122 Å². The van der Waals surface area contributed by atoms with Crippen molar-refractivity contribution in [2.24, 2.45) is 0 Å². The van der Waals surface area contributed by atoms with E-state index >= 15 is 0 Å². The Kier molecular flexibility index (Phi) is 4.74. The molecule has 0 aliphatic carbocycles. The molecule has 2 nitrogen and oxygen atoms in total. The highest BCUT2D eigenvalue weighted by molar-refractivity contribution is 9.10. The van der Waals surface area contributed by atoms with Crippen molar-refractivity contribution in [1.82, 2.24) is 5.32 Å². The van der Waals surface area contributed by atoms with Crippen LogP contribution in [0.1, 0.15) is 35.3 Å². The molecule has 0 bridgehead atoms. The van der Waals surface area contributed by atoms with E-state index in [1.54, 1.807) is 0 Å². The fourth-order valence-corrected chi connectivity index (χ4v) is 2.45. The van der Waals surface area contributed by atoms with Gasteiger partial charge in [0.2, 0.25) is 0 Å². The molecule has 0 saturated carbocycles. The van der Waals surface area contributed by atoms with Gasteiger partial charge in [0.1, 0.15) is 0 Å². The van der Waals surface area contributed by atoms with Crippen LogP contribution < -0.4 is 5.32 Å². The predicted octanol–water partition coefficient (Wildman–Crippen LogP) is 4.33. The molecule has 0 aromatic heterocycles. The summed E-state index contributed by atoms with van der Waals surface area (Å²) in [6.07, 6.45) is 0.861. The van der Waals surface area contributed by atoms with Crippen molar-refractivity contribution in [2.45, 2.75) is 19.4 Å². The predicted molar refractivity (Wildman–Crippen MR) is 81.1 cm³/mol. The van der Waals surface area contributed by atoms with Crippen molar-refractivity contribution < 1.29 is 4.79 Å². The van der Waals surface area contributed by atoms with E-state index in [4.69, 9.17) is 0 Å². The first kappa shape index (κ1) is 13.8. The lowest BCUT2D eigenvalue weighted by Gasteiger charge is -2.17. The molecule has 1 amide bonds. The van der Waals surface area contributed by atoms with Crippen LogP contribution in [-0.4, -0.2) is 5.91 Å². The fraction of sp³-hybridized carbons (Fsp3) is 0.188. The van der Waals surface area contributed by atoms with E-state index in [1.807, 2.05) is 54.6 Å². The summed E-state index contributed by atoms with van der Waals surface area (Å²) in [7, 11) is 0. The zero-order chi connectivity index (χ0) is 13.7. The molecule has 0 spiro atoms. The van der Waals surface area contributed by atoms with Crippen LogP contribution in [-0.2, 0) is 0 Å². The van der Waals surface area contributed by atoms with E-state index in [9.17, 15) is 4.79 Å². The molecular weight excluding hydrogens is 302 g/mol. The molecule has 2 aromatic carbocycles. The van der Waals surface area contributed by atoms with Gasteiger partial charge in [-0.05, 0) is 40.0 Å². The second kappa shape index (κ2) is 6.53. The molecule has 0 aliphatic heterocycles. The Bertz CT molecular complexity index is 554. The fourth-order valence-electron chi connectivity index (χ4n) is 1.99. The lowest BCUT2D eigenvalue weighted by Crippen LogP contribution is -2.28. The van der Waals surface area contributed by atoms with E-state index in [0.29, 0.717) is 5.56 Å². The number of hydrogen-bond acceptors (Lipinski definition) is 1. The van der Waals surface area contributed by atoms with E-state index < -0.39 is 0 Å². The maximum Gasteiger partial charge on any atom is 0.252 e. The number of carbonyl (C=O) groups excluding carboxylic acids is 1. The highest BCUT2D eigenvalue weighted by atomic mass is 79.9. The van der Waals surface area contributed by atoms with Gasteiger partial charge in [-0.3, -0.25) is 4.79 Å². The number of carbonyl (C=O) groups is 1. The second-order valence-electron chi connectivity index (χ2n) is 4.32. The second-order valence-corrected chi connectivity index (χ2v) is 5.18. The zero-order valence-electron chi connectivity index (χ0n) is 10.8. The van der Waals surface area contributed by atoms with Crippen LogP contribution in [0.5, 0.6) is 0 Å². The molecule has 98 valence electrons. The molecule has 0 fully saturated rings. The minimum absolute atomic E-state index is 0.0424. The first-order valence-corrected chi connectivity index (χ1v) is 7.12. The highest BCUT2D eigenvalue weighted by Gasteiger charge is 2.15. The van der Waals surface area contributed by atoms with Crippen LogP contribution in [0.2, 0.25) is 0 Å². The lowest BCUT2D eigenvalue weighted by atomic mass is 10.0. The van der Waals surface area contributed by atoms with Crippen molar-refractivity contribution in [3.8, 4) is 0 Å². The van der Waals surface area contributed by atoms with Gasteiger partial charge in [0.15, 0.2) is 0 Å². The van der Waals surface area contributed by atoms with Gasteiger partial charge in [-0.25, -0.2) is 0 Å². The van der Waals surface area contributed by atoms with E-state index in [-0.39, 0.29) is 11.9 Å². The Morgan fingerprint density at radius 1 is 1.11 bits per heavy atom. The van der Waals surface area contributed by atoms with E-state index in [2.05, 4.69) is 28.2 Å². The molecule has 0 radical (unpaired) electrons. The average molecular weight is 318 g/mol. The minimum atomic E-state index is -0.0526. The molecule has 3 heteroatoms. The molecule has 0 saturated heterocycles. The summed E-state index contributed by atoms with van der Waals surface area (Å²) in [6, 6.07) is 17.5. The molecule has 0 heterocycles. The first-order chi connectivity index (χ1) is 9.22. The number of nitrogens with one attached hydrogen (secondary N) is 1. The van der Waals surface area contributed by atoms with Crippen LogP contribution in [0, 0.1) is 0 Å². The average Bonchev–Trinajstić information content (AvgIpc) is 2.46. The van der Waals surface area contributed by atoms with Gasteiger partial charge < -0.3 is 5.32 Å².